The van der Waals surface area contributed by atoms with Gasteiger partial charge in [0.05, 0.1) is 27.0 Å². The quantitative estimate of drug-likeness (QED) is 0.432. The maximum Gasteiger partial charge on any atom is 0.207 e. The molecule has 0 aliphatic rings. The van der Waals surface area contributed by atoms with Crippen LogP contribution < -0.4 is 19.5 Å². The average Bonchev–Trinajstić information content (AvgIpc) is 3.39. The normalized spacial score (nSPS) is 10.7. The van der Waals surface area contributed by atoms with Crippen molar-refractivity contribution in [2.45, 2.75) is 6.92 Å². The SMILES string of the molecule is COc1cc(Nc2nc(-c3nnn(-c4cc(Cl)ccc4OC)c3C)ns2)cc(OC)c1. The number of methoxy groups -OCH3 is 3. The summed E-state index contributed by atoms with van der Waals surface area (Å²) in [6, 6.07) is 10.8. The monoisotopic (exact) mass is 458 g/mol. The van der Waals surface area contributed by atoms with E-state index in [2.05, 4.69) is 25.0 Å². The molecular weight excluding hydrogens is 440 g/mol. The molecule has 9 nitrogen and oxygen atoms in total. The summed E-state index contributed by atoms with van der Waals surface area (Å²) in [5.41, 5.74) is 2.77. The van der Waals surface area contributed by atoms with E-state index < -0.39 is 0 Å². The van der Waals surface area contributed by atoms with Gasteiger partial charge in [0.2, 0.25) is 5.13 Å². The first-order chi connectivity index (χ1) is 15.0. The van der Waals surface area contributed by atoms with Crippen LogP contribution in [0.2, 0.25) is 5.02 Å². The maximum absolute atomic E-state index is 6.16. The number of ether oxygens (including phenoxy) is 3. The van der Waals surface area contributed by atoms with Crippen LogP contribution in [0.4, 0.5) is 10.8 Å². The average molecular weight is 459 g/mol. The van der Waals surface area contributed by atoms with Crippen molar-refractivity contribution in [3.8, 4) is 34.5 Å². The van der Waals surface area contributed by atoms with E-state index in [-0.39, 0.29) is 0 Å². The van der Waals surface area contributed by atoms with Crippen LogP contribution >= 0.6 is 23.1 Å². The minimum atomic E-state index is 0.465. The van der Waals surface area contributed by atoms with Gasteiger partial charge in [-0.25, -0.2) is 4.68 Å². The molecule has 0 spiro atoms. The van der Waals surface area contributed by atoms with Gasteiger partial charge in [-0.3, -0.25) is 0 Å². The van der Waals surface area contributed by atoms with Crippen molar-refractivity contribution in [2.24, 2.45) is 0 Å². The highest BCUT2D eigenvalue weighted by Gasteiger charge is 2.19. The Morgan fingerprint density at radius 2 is 1.74 bits per heavy atom. The molecule has 0 atom stereocenters. The largest absolute Gasteiger partial charge is 0.497 e. The lowest BCUT2D eigenvalue weighted by atomic mass is 10.2. The molecule has 0 amide bonds. The second-order valence-corrected chi connectivity index (χ2v) is 7.59. The zero-order valence-corrected chi connectivity index (χ0v) is 18.8. The molecular formula is C20H19ClN6O3S. The lowest BCUT2D eigenvalue weighted by molar-refractivity contribution is 0.395. The van der Waals surface area contributed by atoms with Crippen molar-refractivity contribution >= 4 is 34.0 Å². The second kappa shape index (κ2) is 8.78. The van der Waals surface area contributed by atoms with Gasteiger partial charge in [-0.15, -0.1) is 5.10 Å². The van der Waals surface area contributed by atoms with Crippen LogP contribution in [0.25, 0.3) is 17.2 Å². The highest BCUT2D eigenvalue weighted by Crippen LogP contribution is 2.32. The van der Waals surface area contributed by atoms with Crippen molar-refractivity contribution in [1.29, 1.82) is 0 Å². The third-order valence-electron chi connectivity index (χ3n) is 4.50. The third-order valence-corrected chi connectivity index (χ3v) is 5.37. The summed E-state index contributed by atoms with van der Waals surface area (Å²) in [6.45, 7) is 1.89. The Hall–Kier alpha value is -3.37. The van der Waals surface area contributed by atoms with Gasteiger partial charge in [0.25, 0.3) is 0 Å². The van der Waals surface area contributed by atoms with Gasteiger partial charge >= 0.3 is 0 Å². The molecule has 0 unspecified atom stereocenters. The number of nitrogens with zero attached hydrogens (tertiary/aromatic N) is 5. The van der Waals surface area contributed by atoms with E-state index in [1.54, 1.807) is 50.3 Å². The zero-order valence-electron chi connectivity index (χ0n) is 17.2. The molecule has 2 aromatic heterocycles. The summed E-state index contributed by atoms with van der Waals surface area (Å²) in [7, 11) is 4.79. The molecule has 11 heteroatoms. The van der Waals surface area contributed by atoms with Crippen LogP contribution in [-0.4, -0.2) is 45.7 Å². The molecule has 0 bridgehead atoms. The van der Waals surface area contributed by atoms with Crippen LogP contribution in [0.5, 0.6) is 17.2 Å². The van der Waals surface area contributed by atoms with E-state index >= 15 is 0 Å². The molecule has 2 heterocycles. The van der Waals surface area contributed by atoms with E-state index in [0.717, 1.165) is 11.4 Å². The smallest absolute Gasteiger partial charge is 0.207 e. The maximum atomic E-state index is 6.16. The summed E-state index contributed by atoms with van der Waals surface area (Å²) in [6.07, 6.45) is 0. The van der Waals surface area contributed by atoms with Gasteiger partial charge in [0.15, 0.2) is 11.5 Å². The summed E-state index contributed by atoms with van der Waals surface area (Å²) in [5.74, 6) is 2.43. The first kappa shape index (κ1) is 20.9. The first-order valence-electron chi connectivity index (χ1n) is 9.12. The minimum Gasteiger partial charge on any atom is -0.497 e. The summed E-state index contributed by atoms with van der Waals surface area (Å²) in [5, 5.41) is 12.9. The van der Waals surface area contributed by atoms with Gasteiger partial charge in [-0.2, -0.15) is 9.36 Å². The Bertz CT molecular complexity index is 1200. The number of anilines is 2. The lowest BCUT2D eigenvalue weighted by Gasteiger charge is -2.09. The molecule has 0 aliphatic carbocycles. The van der Waals surface area contributed by atoms with Crippen LogP contribution in [0, 0.1) is 6.92 Å². The molecule has 0 radical (unpaired) electrons. The molecule has 4 rings (SSSR count). The number of nitrogens with one attached hydrogen (secondary N) is 1. The fraction of sp³-hybridized carbons (Fsp3) is 0.200. The number of hydrogen-bond acceptors (Lipinski definition) is 9. The number of rotatable bonds is 7. The Morgan fingerprint density at radius 1 is 1.00 bits per heavy atom. The van der Waals surface area contributed by atoms with E-state index in [1.165, 1.54) is 11.5 Å². The Balaban J connectivity index is 1.63. The van der Waals surface area contributed by atoms with Gasteiger partial charge in [-0.05, 0) is 25.1 Å². The Kier molecular flexibility index (Phi) is 5.92. The molecule has 0 saturated carbocycles. The molecule has 4 aromatic rings. The standard InChI is InChI=1S/C20H19ClN6O3S/c1-11-18(24-26-27(11)16-7-12(21)5-6-17(16)30-4)19-23-20(31-25-19)22-13-8-14(28-2)10-15(9-13)29-3/h5-10H,1-4H3,(H,22,23,25). The van der Waals surface area contributed by atoms with Crippen LogP contribution in [0.15, 0.2) is 36.4 Å². The van der Waals surface area contributed by atoms with E-state index in [0.29, 0.717) is 44.6 Å². The molecule has 160 valence electrons. The Morgan fingerprint density at radius 3 is 2.42 bits per heavy atom. The number of hydrogen-bond donors (Lipinski definition) is 1. The van der Waals surface area contributed by atoms with E-state index in [4.69, 9.17) is 25.8 Å². The minimum absolute atomic E-state index is 0.465. The topological polar surface area (TPSA) is 96.2 Å². The van der Waals surface area contributed by atoms with Crippen molar-refractivity contribution in [3.05, 3.63) is 47.1 Å². The Labute approximate surface area is 187 Å². The van der Waals surface area contributed by atoms with Crippen LogP contribution in [-0.2, 0) is 0 Å². The van der Waals surface area contributed by atoms with E-state index in [9.17, 15) is 0 Å². The van der Waals surface area contributed by atoms with Crippen LogP contribution in [0.1, 0.15) is 5.69 Å². The number of aromatic nitrogens is 5. The molecule has 0 fully saturated rings. The van der Waals surface area contributed by atoms with Gasteiger partial charge in [0, 0.05) is 40.4 Å². The van der Waals surface area contributed by atoms with Crippen molar-refractivity contribution in [1.82, 2.24) is 24.4 Å². The van der Waals surface area contributed by atoms with E-state index in [1.807, 2.05) is 19.1 Å². The summed E-state index contributed by atoms with van der Waals surface area (Å²) < 4.78 is 22.1. The van der Waals surface area contributed by atoms with Gasteiger partial charge in [-0.1, -0.05) is 16.8 Å². The third kappa shape index (κ3) is 4.25. The van der Waals surface area contributed by atoms with Crippen LogP contribution in [0.3, 0.4) is 0 Å². The van der Waals surface area contributed by atoms with Gasteiger partial charge in [0.1, 0.15) is 22.9 Å². The predicted octanol–water partition coefficient (Wildman–Crippen LogP) is 4.52. The zero-order chi connectivity index (χ0) is 22.0. The number of benzene rings is 2. The second-order valence-electron chi connectivity index (χ2n) is 6.40. The highest BCUT2D eigenvalue weighted by molar-refractivity contribution is 7.09. The number of halogens is 1. The fourth-order valence-electron chi connectivity index (χ4n) is 2.97. The molecule has 2 aromatic carbocycles. The lowest BCUT2D eigenvalue weighted by Crippen LogP contribution is -2.02. The van der Waals surface area contributed by atoms with Gasteiger partial charge < -0.3 is 19.5 Å². The predicted molar refractivity (Wildman–Crippen MR) is 119 cm³/mol. The summed E-state index contributed by atoms with van der Waals surface area (Å²) >= 11 is 7.37. The molecule has 1 N–H and O–H groups in total. The highest BCUT2D eigenvalue weighted by atomic mass is 35.5. The molecule has 0 saturated heterocycles. The summed E-state index contributed by atoms with van der Waals surface area (Å²) in [4.78, 5) is 4.56. The van der Waals surface area contributed by atoms with Crippen molar-refractivity contribution in [2.75, 3.05) is 26.6 Å². The van der Waals surface area contributed by atoms with Crippen molar-refractivity contribution in [3.63, 3.8) is 0 Å². The van der Waals surface area contributed by atoms with Crippen molar-refractivity contribution < 1.29 is 14.2 Å². The molecule has 0 aliphatic heterocycles. The first-order valence-corrected chi connectivity index (χ1v) is 10.3. The fourth-order valence-corrected chi connectivity index (χ4v) is 3.72. The molecule has 31 heavy (non-hydrogen) atoms.